The number of pyridine rings is 1. The van der Waals surface area contributed by atoms with Crippen LogP contribution in [0.5, 0.6) is 0 Å². The second kappa shape index (κ2) is 12.6. The smallest absolute Gasteiger partial charge is 0.414 e. The van der Waals surface area contributed by atoms with Crippen LogP contribution in [-0.2, 0) is 32.2 Å². The number of fused-ring (bicyclic) bond motifs is 2. The number of aromatic amines is 1. The SMILES string of the molecule is Cn1cc2c3c(c[nH]c3c1=O)C(CCC(N)=O)[N+](c1ccc(F)cc1F)(C1CCCCN1C(=O)OC(C)(C)C)c1ccc(CS(C)(=O)=O)cc1-2. The molecule has 2 aromatic heterocycles. The van der Waals surface area contributed by atoms with Gasteiger partial charge in [-0.05, 0) is 51.3 Å². The quantitative estimate of drug-likeness (QED) is 0.223. The average molecular weight is 711 g/mol. The third kappa shape index (κ3) is 6.19. The van der Waals surface area contributed by atoms with Gasteiger partial charge in [0.05, 0.1) is 5.75 Å². The van der Waals surface area contributed by atoms with Gasteiger partial charge in [-0.2, -0.15) is 0 Å². The van der Waals surface area contributed by atoms with Gasteiger partial charge in [0.2, 0.25) is 5.91 Å². The number of benzene rings is 2. The molecular formula is C36H42F2N5O6S+. The van der Waals surface area contributed by atoms with Crippen molar-refractivity contribution in [1.29, 1.82) is 0 Å². The van der Waals surface area contributed by atoms with Gasteiger partial charge in [-0.3, -0.25) is 14.5 Å². The van der Waals surface area contributed by atoms with Crippen LogP contribution in [0.15, 0.2) is 53.6 Å². The Bertz CT molecular complexity index is 2190. The number of nitrogens with one attached hydrogen (secondary N) is 1. The number of carbonyl (C=O) groups excluding carboxylic acids is 2. The summed E-state index contributed by atoms with van der Waals surface area (Å²) in [6.07, 6.45) is 4.52. The molecule has 2 aromatic carbocycles. The highest BCUT2D eigenvalue weighted by Gasteiger charge is 2.57. The van der Waals surface area contributed by atoms with Crippen molar-refractivity contribution < 1.29 is 31.5 Å². The molecule has 266 valence electrons. The number of nitrogens with zero attached hydrogens (tertiary/aromatic N) is 3. The van der Waals surface area contributed by atoms with Crippen LogP contribution in [0.2, 0.25) is 0 Å². The van der Waals surface area contributed by atoms with Gasteiger partial charge < -0.3 is 20.0 Å². The molecule has 50 heavy (non-hydrogen) atoms. The minimum atomic E-state index is -3.50. The van der Waals surface area contributed by atoms with E-state index in [9.17, 15) is 27.2 Å². The average Bonchev–Trinajstić information content (AvgIpc) is 3.41. The molecule has 3 unspecified atom stereocenters. The number of hydrogen-bond acceptors (Lipinski definition) is 6. The van der Waals surface area contributed by atoms with Gasteiger partial charge in [0.15, 0.2) is 27.5 Å². The predicted octanol–water partition coefficient (Wildman–Crippen LogP) is 6.06. The Balaban J connectivity index is 1.82. The van der Waals surface area contributed by atoms with E-state index in [2.05, 4.69) is 4.98 Å². The lowest BCUT2D eigenvalue weighted by molar-refractivity contribution is -0.118. The number of likely N-dealkylation sites (tertiary alicyclic amines) is 1. The van der Waals surface area contributed by atoms with E-state index in [1.165, 1.54) is 10.6 Å². The number of nitrogens with two attached hydrogens (primary N) is 1. The van der Waals surface area contributed by atoms with Gasteiger partial charge in [0.1, 0.15) is 28.7 Å². The third-order valence-corrected chi connectivity index (χ3v) is 10.5. The number of aryl methyl sites for hydroxylation is 1. The summed E-state index contributed by atoms with van der Waals surface area (Å²) in [7, 11) is -1.90. The first kappa shape index (κ1) is 35.3. The van der Waals surface area contributed by atoms with Crippen LogP contribution < -0.4 is 15.8 Å². The number of quaternary nitrogens is 1. The fourth-order valence-corrected chi connectivity index (χ4v) is 8.66. The molecule has 2 aliphatic heterocycles. The molecule has 0 aliphatic carbocycles. The predicted molar refractivity (Wildman–Crippen MR) is 187 cm³/mol. The minimum absolute atomic E-state index is 0.0207. The molecule has 2 amide bonds. The first-order valence-electron chi connectivity index (χ1n) is 16.6. The highest BCUT2D eigenvalue weighted by Crippen LogP contribution is 2.58. The Morgan fingerprint density at radius 3 is 2.46 bits per heavy atom. The van der Waals surface area contributed by atoms with Crippen molar-refractivity contribution in [1.82, 2.24) is 18.9 Å². The van der Waals surface area contributed by atoms with Crippen molar-refractivity contribution in [3.05, 3.63) is 81.9 Å². The first-order chi connectivity index (χ1) is 23.4. The molecule has 4 heterocycles. The molecule has 14 heteroatoms. The van der Waals surface area contributed by atoms with E-state index in [0.717, 1.165) is 18.4 Å². The van der Waals surface area contributed by atoms with Crippen LogP contribution in [0.1, 0.15) is 70.0 Å². The molecular weight excluding hydrogens is 668 g/mol. The highest BCUT2D eigenvalue weighted by molar-refractivity contribution is 7.89. The molecule has 1 fully saturated rings. The van der Waals surface area contributed by atoms with E-state index < -0.39 is 55.8 Å². The van der Waals surface area contributed by atoms with Crippen molar-refractivity contribution in [3.8, 4) is 11.1 Å². The number of hydrogen-bond donors (Lipinski definition) is 2. The maximum Gasteiger partial charge on any atom is 0.414 e. The molecule has 4 aromatic rings. The molecule has 0 spiro atoms. The summed E-state index contributed by atoms with van der Waals surface area (Å²) in [6, 6.07) is 7.54. The number of rotatable bonds is 7. The largest absolute Gasteiger partial charge is 0.444 e. The maximum absolute atomic E-state index is 16.8. The molecule has 0 bridgehead atoms. The highest BCUT2D eigenvalue weighted by atomic mass is 32.2. The number of H-pyrrole nitrogens is 1. The number of primary amides is 1. The van der Waals surface area contributed by atoms with E-state index >= 15 is 4.39 Å². The zero-order valence-corrected chi connectivity index (χ0v) is 29.6. The third-order valence-electron chi connectivity index (χ3n) is 9.61. The monoisotopic (exact) mass is 710 g/mol. The van der Waals surface area contributed by atoms with Crippen molar-refractivity contribution in [2.75, 3.05) is 12.8 Å². The molecule has 1 saturated heterocycles. The normalized spacial score (nSPS) is 20.7. The minimum Gasteiger partial charge on any atom is -0.444 e. The summed E-state index contributed by atoms with van der Waals surface area (Å²) >= 11 is 0. The molecule has 0 radical (unpaired) electrons. The Morgan fingerprint density at radius 2 is 1.80 bits per heavy atom. The first-order valence-corrected chi connectivity index (χ1v) is 18.6. The number of halogens is 2. The van der Waals surface area contributed by atoms with E-state index in [4.69, 9.17) is 10.5 Å². The molecule has 0 saturated carbocycles. The molecule has 3 N–H and O–H groups in total. The number of ether oxygens (including phenoxy) is 1. The van der Waals surface area contributed by atoms with E-state index in [1.807, 2.05) is 0 Å². The summed E-state index contributed by atoms with van der Waals surface area (Å²) in [5, 5.41) is 0.516. The number of carbonyl (C=O) groups is 2. The molecule has 6 rings (SSSR count). The van der Waals surface area contributed by atoms with Crippen LogP contribution in [0.4, 0.5) is 25.0 Å². The summed E-state index contributed by atoms with van der Waals surface area (Å²) in [6.45, 7) is 5.52. The van der Waals surface area contributed by atoms with Gasteiger partial charge >= 0.3 is 6.09 Å². The fourth-order valence-electron chi connectivity index (χ4n) is 7.88. The van der Waals surface area contributed by atoms with E-state index in [1.54, 1.807) is 63.3 Å². The zero-order chi connectivity index (χ0) is 36.3. The van der Waals surface area contributed by atoms with Crippen LogP contribution in [-0.4, -0.2) is 59.4 Å². The fraction of sp³-hybridized carbons (Fsp3) is 0.417. The van der Waals surface area contributed by atoms with Gasteiger partial charge in [-0.15, -0.1) is 0 Å². The van der Waals surface area contributed by atoms with E-state index in [0.29, 0.717) is 52.6 Å². The molecule has 11 nitrogen and oxygen atoms in total. The topological polar surface area (TPSA) is 145 Å². The van der Waals surface area contributed by atoms with Gasteiger partial charge in [0, 0.05) is 91.8 Å². The van der Waals surface area contributed by atoms with Crippen molar-refractivity contribution in [3.63, 3.8) is 0 Å². The second-order valence-electron chi connectivity index (χ2n) is 14.4. The lowest BCUT2D eigenvalue weighted by atomic mass is 9.91. The summed E-state index contributed by atoms with van der Waals surface area (Å²) in [5.74, 6) is -2.60. The van der Waals surface area contributed by atoms with Crippen LogP contribution >= 0.6 is 0 Å². The number of aromatic nitrogens is 2. The Morgan fingerprint density at radius 1 is 1.08 bits per heavy atom. The lowest BCUT2D eigenvalue weighted by Gasteiger charge is -2.53. The van der Waals surface area contributed by atoms with Gasteiger partial charge in [-0.25, -0.2) is 26.5 Å². The number of amides is 2. The van der Waals surface area contributed by atoms with Crippen LogP contribution in [0, 0.1) is 11.6 Å². The standard InChI is InChI=1S/C36H41F2N5O6S/c1-36(2,3)49-35(46)42-15-7-6-8-31(42)43(29-12-10-22(37)17-26(29)38)27-11-9-21(20-50(5,47)48)16-23(27)25-19-41(4)34(45)33-32(25)24(18-40-33)28(43)13-14-30(39)44/h9-12,16-19,28,31H,6-8,13-15,20H2,1-5H3,(H2-,39,40,44,45)/p+1. The Labute approximate surface area is 289 Å². The van der Waals surface area contributed by atoms with Crippen LogP contribution in [0.3, 0.4) is 0 Å². The van der Waals surface area contributed by atoms with Crippen molar-refractivity contribution >= 4 is 44.1 Å². The Kier molecular flexibility index (Phi) is 8.92. The summed E-state index contributed by atoms with van der Waals surface area (Å²) in [4.78, 5) is 45.0. The number of sulfone groups is 1. The summed E-state index contributed by atoms with van der Waals surface area (Å²) < 4.78 is 63.5. The number of piperidine rings is 1. The second-order valence-corrected chi connectivity index (χ2v) is 16.6. The Hall–Kier alpha value is -4.56. The lowest BCUT2D eigenvalue weighted by Crippen LogP contribution is -2.65. The molecule has 2 aliphatic rings. The molecule has 3 atom stereocenters. The van der Waals surface area contributed by atoms with Crippen molar-refractivity contribution in [2.45, 2.75) is 76.4 Å². The van der Waals surface area contributed by atoms with Gasteiger partial charge in [-0.1, -0.05) is 6.07 Å². The van der Waals surface area contributed by atoms with E-state index in [-0.39, 0.29) is 41.9 Å². The van der Waals surface area contributed by atoms with Crippen LogP contribution in [0.25, 0.3) is 22.0 Å². The van der Waals surface area contributed by atoms with Crippen molar-refractivity contribution in [2.24, 2.45) is 12.8 Å². The maximum atomic E-state index is 16.8. The zero-order valence-electron chi connectivity index (χ0n) is 28.8. The summed E-state index contributed by atoms with van der Waals surface area (Å²) in [5.41, 5.74) is 7.38. The van der Waals surface area contributed by atoms with Gasteiger partial charge in [0.25, 0.3) is 5.56 Å².